The first kappa shape index (κ1) is 19.4. The maximum absolute atomic E-state index is 12.9. The Bertz CT molecular complexity index is 900. The maximum Gasteiger partial charge on any atom is 0.349 e. The first-order chi connectivity index (χ1) is 11.7. The quantitative estimate of drug-likeness (QED) is 0.709. The summed E-state index contributed by atoms with van der Waals surface area (Å²) in [5, 5.41) is 9.66. The summed E-state index contributed by atoms with van der Waals surface area (Å²) in [6, 6.07) is 5.36. The molecular formula is C16H19NO6S2. The Balaban J connectivity index is 2.58. The third kappa shape index (κ3) is 4.17. The van der Waals surface area contributed by atoms with E-state index >= 15 is 0 Å². The van der Waals surface area contributed by atoms with E-state index in [1.165, 1.54) is 0 Å². The number of carboxylic acid groups (broad SMARTS) is 1. The molecule has 25 heavy (non-hydrogen) atoms. The molecule has 9 heteroatoms. The highest BCUT2D eigenvalue weighted by Crippen LogP contribution is 2.35. The second-order valence-corrected chi connectivity index (χ2v) is 8.59. The summed E-state index contributed by atoms with van der Waals surface area (Å²) >= 11 is 0.992. The molecule has 0 aliphatic rings. The van der Waals surface area contributed by atoms with Crippen LogP contribution in [0.1, 0.15) is 29.9 Å². The van der Waals surface area contributed by atoms with E-state index in [2.05, 4.69) is 9.46 Å². The Morgan fingerprint density at radius 3 is 2.48 bits per heavy atom. The van der Waals surface area contributed by atoms with E-state index in [9.17, 15) is 23.1 Å². The minimum Gasteiger partial charge on any atom is -0.480 e. The van der Waals surface area contributed by atoms with Gasteiger partial charge in [0.2, 0.25) is 10.0 Å². The zero-order valence-electron chi connectivity index (χ0n) is 14.0. The Morgan fingerprint density at radius 2 is 1.92 bits per heavy atom. The molecule has 1 heterocycles. The number of rotatable bonds is 7. The van der Waals surface area contributed by atoms with Crippen LogP contribution in [0.3, 0.4) is 0 Å². The molecule has 1 atom stereocenters. The number of carbonyl (C=O) groups excluding carboxylic acids is 1. The average Bonchev–Trinajstić information content (AvgIpc) is 2.93. The molecule has 0 saturated carbocycles. The van der Waals surface area contributed by atoms with E-state index < -0.39 is 28.0 Å². The van der Waals surface area contributed by atoms with Crippen LogP contribution in [0.4, 0.5) is 0 Å². The van der Waals surface area contributed by atoms with Crippen LogP contribution in [-0.4, -0.2) is 38.6 Å². The van der Waals surface area contributed by atoms with E-state index in [0.717, 1.165) is 18.4 Å². The molecule has 0 aliphatic carbocycles. The minimum atomic E-state index is -4.24. The fourth-order valence-electron chi connectivity index (χ4n) is 2.43. The van der Waals surface area contributed by atoms with Gasteiger partial charge >= 0.3 is 11.9 Å². The van der Waals surface area contributed by atoms with E-state index in [-0.39, 0.29) is 22.1 Å². The Hall–Kier alpha value is -1.97. The molecule has 1 aromatic heterocycles. The van der Waals surface area contributed by atoms with Crippen molar-refractivity contribution in [1.29, 1.82) is 0 Å². The lowest BCUT2D eigenvalue weighted by Gasteiger charge is -2.17. The average molecular weight is 385 g/mol. The number of fused-ring (bicyclic) bond motifs is 1. The Labute approximate surface area is 149 Å². The van der Waals surface area contributed by atoms with E-state index in [1.54, 1.807) is 38.1 Å². The van der Waals surface area contributed by atoms with Gasteiger partial charge in [0, 0.05) is 10.1 Å². The van der Waals surface area contributed by atoms with Crippen LogP contribution >= 0.6 is 11.3 Å². The number of hydrogen-bond acceptors (Lipinski definition) is 6. The number of sulfonamides is 1. The second kappa shape index (κ2) is 7.51. The van der Waals surface area contributed by atoms with Gasteiger partial charge in [-0.25, -0.2) is 13.2 Å². The van der Waals surface area contributed by atoms with Gasteiger partial charge in [0.25, 0.3) is 0 Å². The van der Waals surface area contributed by atoms with Gasteiger partial charge in [0.15, 0.2) is 0 Å². The normalized spacial score (nSPS) is 13.1. The van der Waals surface area contributed by atoms with Crippen LogP contribution in [0.15, 0.2) is 29.2 Å². The lowest BCUT2D eigenvalue weighted by Crippen LogP contribution is -2.41. The van der Waals surface area contributed by atoms with Gasteiger partial charge in [0.1, 0.15) is 15.8 Å². The molecule has 136 valence electrons. The van der Waals surface area contributed by atoms with Gasteiger partial charge in [-0.2, -0.15) is 4.72 Å². The number of ether oxygens (including phenoxy) is 1. The van der Waals surface area contributed by atoms with Crippen LogP contribution in [0.5, 0.6) is 0 Å². The summed E-state index contributed by atoms with van der Waals surface area (Å²) in [4.78, 5) is 23.1. The van der Waals surface area contributed by atoms with Gasteiger partial charge in [-0.05, 0) is 18.4 Å². The predicted molar refractivity (Wildman–Crippen MR) is 94.4 cm³/mol. The monoisotopic (exact) mass is 385 g/mol. The van der Waals surface area contributed by atoms with Crippen molar-refractivity contribution in [2.24, 2.45) is 5.92 Å². The summed E-state index contributed by atoms with van der Waals surface area (Å²) in [6.07, 6.45) is 0.129. The van der Waals surface area contributed by atoms with Crippen molar-refractivity contribution in [1.82, 2.24) is 4.72 Å². The summed E-state index contributed by atoms with van der Waals surface area (Å²) in [6.45, 7) is 3.59. The largest absolute Gasteiger partial charge is 0.480 e. The molecule has 0 spiro atoms. The highest BCUT2D eigenvalue weighted by Gasteiger charge is 2.32. The highest BCUT2D eigenvalue weighted by atomic mass is 32.2. The van der Waals surface area contributed by atoms with E-state index in [1.807, 2.05) is 0 Å². The summed E-state index contributed by atoms with van der Waals surface area (Å²) in [7, 11) is -3.08. The van der Waals surface area contributed by atoms with Gasteiger partial charge < -0.3 is 9.84 Å². The number of nitrogens with one attached hydrogen (secondary N) is 1. The molecular weight excluding hydrogens is 366 g/mol. The molecule has 0 radical (unpaired) electrons. The lowest BCUT2D eigenvalue weighted by atomic mass is 10.1. The van der Waals surface area contributed by atoms with Gasteiger partial charge in [-0.1, -0.05) is 32.0 Å². The lowest BCUT2D eigenvalue weighted by molar-refractivity contribution is -0.139. The van der Waals surface area contributed by atoms with Crippen LogP contribution in [0.25, 0.3) is 10.1 Å². The number of thiophene rings is 1. The van der Waals surface area contributed by atoms with Crippen molar-refractivity contribution in [2.45, 2.75) is 31.2 Å². The maximum atomic E-state index is 12.9. The topological polar surface area (TPSA) is 110 Å². The fourth-order valence-corrected chi connectivity index (χ4v) is 5.45. The number of esters is 1. The minimum absolute atomic E-state index is 0.0249. The van der Waals surface area contributed by atoms with Gasteiger partial charge in [0.05, 0.1) is 7.11 Å². The first-order valence-electron chi connectivity index (χ1n) is 7.52. The fraction of sp³-hybridized carbons (Fsp3) is 0.375. The zero-order valence-corrected chi connectivity index (χ0v) is 15.6. The second-order valence-electron chi connectivity index (χ2n) is 5.89. The molecule has 2 rings (SSSR count). The van der Waals surface area contributed by atoms with E-state index in [0.29, 0.717) is 10.1 Å². The van der Waals surface area contributed by atoms with Gasteiger partial charge in [-0.15, -0.1) is 11.3 Å². The van der Waals surface area contributed by atoms with Crippen molar-refractivity contribution in [3.05, 3.63) is 29.1 Å². The van der Waals surface area contributed by atoms with Crippen LogP contribution in [0, 0.1) is 5.92 Å². The highest BCUT2D eigenvalue weighted by molar-refractivity contribution is 7.90. The first-order valence-corrected chi connectivity index (χ1v) is 9.82. The molecule has 0 aliphatic heterocycles. The number of benzene rings is 1. The Kier molecular flexibility index (Phi) is 5.81. The third-order valence-electron chi connectivity index (χ3n) is 3.49. The number of aliphatic carboxylic acids is 1. The van der Waals surface area contributed by atoms with Crippen LogP contribution in [0.2, 0.25) is 0 Å². The summed E-state index contributed by atoms with van der Waals surface area (Å²) in [5.41, 5.74) is 0. The molecule has 0 saturated heterocycles. The van der Waals surface area contributed by atoms with Crippen LogP contribution < -0.4 is 4.72 Å². The number of carboxylic acids is 1. The van der Waals surface area contributed by atoms with E-state index in [4.69, 9.17) is 0 Å². The number of carbonyl (C=O) groups is 2. The van der Waals surface area contributed by atoms with Crippen molar-refractivity contribution in [3.8, 4) is 0 Å². The molecule has 0 amide bonds. The molecule has 0 bridgehead atoms. The SMILES string of the molecule is COC(=O)c1sc2ccccc2c1S(=O)(=O)N[C@H](CC(C)C)C(=O)O. The molecule has 2 N–H and O–H groups in total. The van der Waals surface area contributed by atoms with Crippen molar-refractivity contribution in [3.63, 3.8) is 0 Å². The number of hydrogen-bond donors (Lipinski definition) is 2. The predicted octanol–water partition coefficient (Wildman–Crippen LogP) is 2.47. The molecule has 1 aromatic carbocycles. The van der Waals surface area contributed by atoms with Crippen molar-refractivity contribution < 1.29 is 27.9 Å². The van der Waals surface area contributed by atoms with Crippen LogP contribution in [-0.2, 0) is 19.6 Å². The summed E-state index contributed by atoms with van der Waals surface area (Å²) < 4.78 is 33.2. The summed E-state index contributed by atoms with van der Waals surface area (Å²) in [5.74, 6) is -2.07. The molecule has 2 aromatic rings. The third-order valence-corrected chi connectivity index (χ3v) is 6.33. The number of methoxy groups -OCH3 is 1. The van der Waals surface area contributed by atoms with Gasteiger partial charge in [-0.3, -0.25) is 4.79 Å². The Morgan fingerprint density at radius 1 is 1.28 bits per heavy atom. The molecule has 7 nitrogen and oxygen atoms in total. The van der Waals surface area contributed by atoms with Crippen molar-refractivity contribution in [2.75, 3.05) is 7.11 Å². The molecule has 0 fully saturated rings. The smallest absolute Gasteiger partial charge is 0.349 e. The zero-order chi connectivity index (χ0) is 18.8. The standard InChI is InChI=1S/C16H19NO6S2/c1-9(2)8-11(15(18)19)17-25(21,22)14-10-6-4-5-7-12(10)24-13(14)16(20)23-3/h4-7,9,11,17H,8H2,1-3H3,(H,18,19)/t11-/m1/s1. The van der Waals surface area contributed by atoms with Crippen molar-refractivity contribution >= 4 is 43.4 Å². The molecule has 0 unspecified atom stereocenters.